The minimum absolute atomic E-state index is 0.393. The molecular formula is C14H12Br2ClNO. The van der Waals surface area contributed by atoms with E-state index < -0.39 is 6.10 Å². The lowest BCUT2D eigenvalue weighted by atomic mass is 10.1. The van der Waals surface area contributed by atoms with Gasteiger partial charge in [-0.1, -0.05) is 45.7 Å². The zero-order chi connectivity index (χ0) is 13.8. The molecule has 2 aromatic rings. The molecule has 2 aromatic carbocycles. The van der Waals surface area contributed by atoms with Gasteiger partial charge < -0.3 is 10.4 Å². The monoisotopic (exact) mass is 403 g/mol. The number of aliphatic hydroxyl groups is 1. The van der Waals surface area contributed by atoms with Crippen molar-refractivity contribution in [3.8, 4) is 0 Å². The number of halogens is 3. The van der Waals surface area contributed by atoms with Crippen molar-refractivity contribution in [3.63, 3.8) is 0 Å². The minimum atomic E-state index is -0.649. The first kappa shape index (κ1) is 14.9. The van der Waals surface area contributed by atoms with E-state index in [9.17, 15) is 5.11 Å². The van der Waals surface area contributed by atoms with E-state index in [4.69, 9.17) is 11.6 Å². The summed E-state index contributed by atoms with van der Waals surface area (Å²) in [6, 6.07) is 13.1. The second-order valence-electron chi connectivity index (χ2n) is 4.04. The van der Waals surface area contributed by atoms with Crippen LogP contribution in [-0.2, 0) is 0 Å². The molecule has 0 radical (unpaired) electrons. The van der Waals surface area contributed by atoms with Crippen molar-refractivity contribution in [1.29, 1.82) is 0 Å². The van der Waals surface area contributed by atoms with Gasteiger partial charge in [0.1, 0.15) is 0 Å². The first-order chi connectivity index (χ1) is 9.08. The van der Waals surface area contributed by atoms with Crippen molar-refractivity contribution in [3.05, 3.63) is 62.0 Å². The van der Waals surface area contributed by atoms with Gasteiger partial charge in [0.05, 0.1) is 6.10 Å². The molecule has 19 heavy (non-hydrogen) atoms. The predicted octanol–water partition coefficient (Wildman–Crippen LogP) is 5.01. The lowest BCUT2D eigenvalue weighted by Gasteiger charge is -2.15. The first-order valence-electron chi connectivity index (χ1n) is 5.69. The van der Waals surface area contributed by atoms with E-state index in [0.717, 1.165) is 20.2 Å². The maximum absolute atomic E-state index is 10.1. The summed E-state index contributed by atoms with van der Waals surface area (Å²) in [5.74, 6) is 0. The highest BCUT2D eigenvalue weighted by atomic mass is 79.9. The Bertz CT molecular complexity index is 577. The van der Waals surface area contributed by atoms with Crippen LogP contribution in [0.2, 0.25) is 5.02 Å². The van der Waals surface area contributed by atoms with Crippen LogP contribution in [0.5, 0.6) is 0 Å². The molecule has 5 heteroatoms. The van der Waals surface area contributed by atoms with Gasteiger partial charge in [0.25, 0.3) is 0 Å². The van der Waals surface area contributed by atoms with Crippen LogP contribution in [-0.4, -0.2) is 11.7 Å². The van der Waals surface area contributed by atoms with Gasteiger partial charge in [-0.15, -0.1) is 0 Å². The van der Waals surface area contributed by atoms with Gasteiger partial charge >= 0.3 is 0 Å². The molecule has 1 unspecified atom stereocenters. The number of hydrogen-bond acceptors (Lipinski definition) is 2. The SMILES string of the molecule is OC(CNc1ccc(Br)cc1Br)c1ccccc1Cl. The van der Waals surface area contributed by atoms with Crippen LogP contribution < -0.4 is 5.32 Å². The third kappa shape index (κ3) is 3.96. The second kappa shape index (κ2) is 6.75. The molecule has 0 aliphatic rings. The molecule has 2 rings (SSSR count). The lowest BCUT2D eigenvalue weighted by Crippen LogP contribution is -2.12. The van der Waals surface area contributed by atoms with Gasteiger partial charge in [0.2, 0.25) is 0 Å². The Labute approximate surface area is 134 Å². The highest BCUT2D eigenvalue weighted by Crippen LogP contribution is 2.28. The molecule has 0 aliphatic heterocycles. The van der Waals surface area contributed by atoms with Crippen LogP contribution in [0, 0.1) is 0 Å². The topological polar surface area (TPSA) is 32.3 Å². The van der Waals surface area contributed by atoms with Crippen molar-refractivity contribution >= 4 is 49.1 Å². The Morgan fingerprint density at radius 1 is 1.16 bits per heavy atom. The number of hydrogen-bond donors (Lipinski definition) is 2. The smallest absolute Gasteiger partial charge is 0.0976 e. The maximum atomic E-state index is 10.1. The van der Waals surface area contributed by atoms with E-state index >= 15 is 0 Å². The lowest BCUT2D eigenvalue weighted by molar-refractivity contribution is 0.191. The molecular weight excluding hydrogens is 393 g/mol. The molecule has 0 aromatic heterocycles. The van der Waals surface area contributed by atoms with Crippen LogP contribution in [0.3, 0.4) is 0 Å². The van der Waals surface area contributed by atoms with Crippen molar-refractivity contribution < 1.29 is 5.11 Å². The minimum Gasteiger partial charge on any atom is -0.387 e. The summed E-state index contributed by atoms with van der Waals surface area (Å²) in [6.45, 7) is 0.393. The second-order valence-corrected chi connectivity index (χ2v) is 6.22. The highest BCUT2D eigenvalue weighted by molar-refractivity contribution is 9.11. The zero-order valence-corrected chi connectivity index (χ0v) is 13.8. The van der Waals surface area contributed by atoms with Crippen LogP contribution in [0.15, 0.2) is 51.4 Å². The standard InChI is InChI=1S/C14H12Br2ClNO/c15-9-5-6-13(11(16)7-9)18-8-14(19)10-3-1-2-4-12(10)17/h1-7,14,18-19H,8H2. The Kier molecular flexibility index (Phi) is 5.28. The van der Waals surface area contributed by atoms with E-state index in [1.54, 1.807) is 6.07 Å². The number of nitrogens with one attached hydrogen (secondary N) is 1. The summed E-state index contributed by atoms with van der Waals surface area (Å²) < 4.78 is 1.94. The Morgan fingerprint density at radius 3 is 2.58 bits per heavy atom. The van der Waals surface area contributed by atoms with Crippen LogP contribution in [0.4, 0.5) is 5.69 Å². The first-order valence-corrected chi connectivity index (χ1v) is 7.65. The van der Waals surface area contributed by atoms with E-state index in [-0.39, 0.29) is 0 Å². The van der Waals surface area contributed by atoms with E-state index in [1.807, 2.05) is 36.4 Å². The normalized spacial score (nSPS) is 12.2. The summed E-state index contributed by atoms with van der Waals surface area (Å²) in [7, 11) is 0. The average molecular weight is 406 g/mol. The van der Waals surface area contributed by atoms with Crippen molar-refractivity contribution in [2.45, 2.75) is 6.10 Å². The maximum Gasteiger partial charge on any atom is 0.0976 e. The van der Waals surface area contributed by atoms with E-state index in [1.165, 1.54) is 0 Å². The third-order valence-electron chi connectivity index (χ3n) is 2.68. The Morgan fingerprint density at radius 2 is 1.89 bits per heavy atom. The van der Waals surface area contributed by atoms with Gasteiger partial charge in [0.15, 0.2) is 0 Å². The summed E-state index contributed by atoms with van der Waals surface area (Å²) in [5, 5.41) is 13.9. The summed E-state index contributed by atoms with van der Waals surface area (Å²) in [6.07, 6.45) is -0.649. The molecule has 0 amide bonds. The summed E-state index contributed by atoms with van der Waals surface area (Å²) in [5.41, 5.74) is 1.65. The molecule has 0 fully saturated rings. The molecule has 100 valence electrons. The molecule has 0 heterocycles. The molecule has 0 spiro atoms. The fourth-order valence-electron chi connectivity index (χ4n) is 1.69. The quantitative estimate of drug-likeness (QED) is 0.749. The van der Waals surface area contributed by atoms with Gasteiger partial charge in [-0.25, -0.2) is 0 Å². The molecule has 0 bridgehead atoms. The summed E-state index contributed by atoms with van der Waals surface area (Å²) >= 11 is 12.9. The largest absolute Gasteiger partial charge is 0.387 e. The fourth-order valence-corrected chi connectivity index (χ4v) is 3.14. The third-order valence-corrected chi connectivity index (χ3v) is 4.17. The fraction of sp³-hybridized carbons (Fsp3) is 0.143. The highest BCUT2D eigenvalue weighted by Gasteiger charge is 2.11. The van der Waals surface area contributed by atoms with Gasteiger partial charge in [-0.2, -0.15) is 0 Å². The average Bonchev–Trinajstić information content (AvgIpc) is 2.38. The number of rotatable bonds is 4. The predicted molar refractivity (Wildman–Crippen MR) is 86.7 cm³/mol. The van der Waals surface area contributed by atoms with E-state index in [2.05, 4.69) is 37.2 Å². The van der Waals surface area contributed by atoms with Gasteiger partial charge in [-0.3, -0.25) is 0 Å². The molecule has 2 N–H and O–H groups in total. The van der Waals surface area contributed by atoms with Crippen molar-refractivity contribution in [2.75, 3.05) is 11.9 Å². The number of anilines is 1. The summed E-state index contributed by atoms with van der Waals surface area (Å²) in [4.78, 5) is 0. The molecule has 2 nitrogen and oxygen atoms in total. The van der Waals surface area contributed by atoms with Crippen molar-refractivity contribution in [2.24, 2.45) is 0 Å². The van der Waals surface area contributed by atoms with Crippen LogP contribution in [0.25, 0.3) is 0 Å². The van der Waals surface area contributed by atoms with Crippen LogP contribution in [0.1, 0.15) is 11.7 Å². The molecule has 1 atom stereocenters. The van der Waals surface area contributed by atoms with Crippen LogP contribution >= 0.6 is 43.5 Å². The number of benzene rings is 2. The van der Waals surface area contributed by atoms with Gasteiger partial charge in [0, 0.05) is 31.8 Å². The Balaban J connectivity index is 2.04. The molecule has 0 saturated carbocycles. The number of aliphatic hydroxyl groups excluding tert-OH is 1. The zero-order valence-electron chi connectivity index (χ0n) is 9.91. The molecule has 0 aliphatic carbocycles. The molecule has 0 saturated heterocycles. The van der Waals surface area contributed by atoms with Gasteiger partial charge in [-0.05, 0) is 40.2 Å². The Hall–Kier alpha value is -0.550. The van der Waals surface area contributed by atoms with Crippen molar-refractivity contribution in [1.82, 2.24) is 0 Å². The van der Waals surface area contributed by atoms with E-state index in [0.29, 0.717) is 11.6 Å².